The lowest BCUT2D eigenvalue weighted by Gasteiger charge is -2.36. The number of piperazine rings is 1. The van der Waals surface area contributed by atoms with Crippen LogP contribution in [0.3, 0.4) is 0 Å². The minimum Gasteiger partial charge on any atom is -0.480 e. The highest BCUT2D eigenvalue weighted by Gasteiger charge is 2.17. The Morgan fingerprint density at radius 2 is 1.49 bits per heavy atom. The van der Waals surface area contributed by atoms with Crippen LogP contribution >= 0.6 is 11.6 Å². The van der Waals surface area contributed by atoms with Crippen molar-refractivity contribution in [2.45, 2.75) is 0 Å². The first-order chi connectivity index (χ1) is 22.9. The molecule has 2 heterocycles. The second-order valence-electron chi connectivity index (χ2n) is 10.4. The van der Waals surface area contributed by atoms with Gasteiger partial charge in [0.15, 0.2) is 5.82 Å². The van der Waals surface area contributed by atoms with Gasteiger partial charge in [0.25, 0.3) is 5.91 Å². The molecule has 0 atom stereocenters. The van der Waals surface area contributed by atoms with E-state index in [4.69, 9.17) is 35.7 Å². The second kappa shape index (κ2) is 19.6. The average Bonchev–Trinajstić information content (AvgIpc) is 3.08. The first-order valence-corrected chi connectivity index (χ1v) is 15.8. The Labute approximate surface area is 279 Å². The van der Waals surface area contributed by atoms with E-state index in [9.17, 15) is 9.59 Å². The van der Waals surface area contributed by atoms with E-state index in [-0.39, 0.29) is 19.1 Å². The number of aliphatic carboxylic acids is 1. The fourth-order valence-corrected chi connectivity index (χ4v) is 4.83. The maximum atomic E-state index is 12.3. The molecule has 1 aliphatic rings. The molecule has 0 bridgehead atoms. The molecule has 3 aromatic rings. The van der Waals surface area contributed by atoms with Gasteiger partial charge in [-0.15, -0.1) is 0 Å². The maximum absolute atomic E-state index is 12.3. The van der Waals surface area contributed by atoms with Gasteiger partial charge >= 0.3 is 5.97 Å². The van der Waals surface area contributed by atoms with Crippen molar-refractivity contribution in [2.24, 2.45) is 0 Å². The molecule has 1 saturated heterocycles. The number of hydrogen-bond donors (Lipinski definition) is 4. The number of aromatic nitrogens is 2. The molecular weight excluding hydrogens is 630 g/mol. The number of benzene rings is 2. The van der Waals surface area contributed by atoms with E-state index in [1.54, 1.807) is 25.2 Å². The van der Waals surface area contributed by atoms with Gasteiger partial charge in [0.2, 0.25) is 5.95 Å². The summed E-state index contributed by atoms with van der Waals surface area (Å²) in [5.74, 6) is -0.454. The van der Waals surface area contributed by atoms with Crippen molar-refractivity contribution < 1.29 is 33.6 Å². The van der Waals surface area contributed by atoms with Crippen molar-refractivity contribution >= 4 is 52.3 Å². The summed E-state index contributed by atoms with van der Waals surface area (Å²) < 4.78 is 21.4. The first kappa shape index (κ1) is 35.8. The van der Waals surface area contributed by atoms with Crippen LogP contribution in [0.5, 0.6) is 0 Å². The van der Waals surface area contributed by atoms with Gasteiger partial charge in [0.1, 0.15) is 11.6 Å². The molecule has 0 unspecified atom stereocenters. The predicted molar refractivity (Wildman–Crippen MR) is 179 cm³/mol. The standard InChI is InChI=1S/C32H42ClN7O7/c1-34-31(43)26-4-2-3-5-28(26)37-30-27(33)22-35-32(38-30)36-24-6-8-25(9-7-24)40-12-10-39(11-13-40)14-15-44-16-17-45-18-19-46-20-21-47-23-29(41)42/h2-9,22H,10-21,23H2,1H3,(H,34,43)(H,41,42)(H2,35,36,37,38). The number of anilines is 5. The topological polar surface area (TPSA) is 160 Å². The SMILES string of the molecule is CNC(=O)c1ccccc1Nc1nc(Nc2ccc(N3CCN(CCOCCOCCOCCOCC(=O)O)CC3)cc2)ncc1Cl. The van der Waals surface area contributed by atoms with E-state index in [0.29, 0.717) is 67.7 Å². The maximum Gasteiger partial charge on any atom is 0.329 e. The Balaban J connectivity index is 1.12. The lowest BCUT2D eigenvalue weighted by Crippen LogP contribution is -2.47. The number of carboxylic acid groups (broad SMARTS) is 1. The number of halogens is 1. The van der Waals surface area contributed by atoms with E-state index >= 15 is 0 Å². The van der Waals surface area contributed by atoms with Crippen LogP contribution in [0.4, 0.5) is 28.8 Å². The summed E-state index contributed by atoms with van der Waals surface area (Å²) in [6, 6.07) is 15.3. The minimum atomic E-state index is -0.992. The first-order valence-electron chi connectivity index (χ1n) is 15.4. The normalized spacial score (nSPS) is 13.4. The number of ether oxygens (including phenoxy) is 4. The number of carbonyl (C=O) groups excluding carboxylic acids is 1. The van der Waals surface area contributed by atoms with Crippen LogP contribution in [-0.2, 0) is 23.7 Å². The molecule has 47 heavy (non-hydrogen) atoms. The third-order valence-corrected chi connectivity index (χ3v) is 7.43. The third kappa shape index (κ3) is 12.2. The van der Waals surface area contributed by atoms with Crippen molar-refractivity contribution in [3.63, 3.8) is 0 Å². The number of nitrogens with zero attached hydrogens (tertiary/aromatic N) is 4. The van der Waals surface area contributed by atoms with Crippen molar-refractivity contribution in [1.82, 2.24) is 20.2 Å². The Morgan fingerprint density at radius 1 is 0.851 bits per heavy atom. The lowest BCUT2D eigenvalue weighted by atomic mass is 10.1. The summed E-state index contributed by atoms with van der Waals surface area (Å²) in [6.07, 6.45) is 1.51. The molecule has 1 fully saturated rings. The molecule has 1 aromatic heterocycles. The van der Waals surface area contributed by atoms with Crippen LogP contribution in [0, 0.1) is 0 Å². The largest absolute Gasteiger partial charge is 0.480 e. The van der Waals surface area contributed by atoms with Crippen LogP contribution in [0.25, 0.3) is 0 Å². The fraction of sp³-hybridized carbons (Fsp3) is 0.438. The van der Waals surface area contributed by atoms with Crippen molar-refractivity contribution in [1.29, 1.82) is 0 Å². The number of nitrogens with one attached hydrogen (secondary N) is 3. The quantitative estimate of drug-likeness (QED) is 0.130. The van der Waals surface area contributed by atoms with Gasteiger partial charge in [0.05, 0.1) is 63.7 Å². The third-order valence-electron chi connectivity index (χ3n) is 7.15. The fourth-order valence-electron chi connectivity index (χ4n) is 4.69. The van der Waals surface area contributed by atoms with Crippen LogP contribution in [0.1, 0.15) is 10.4 Å². The van der Waals surface area contributed by atoms with Gasteiger partial charge in [-0.3, -0.25) is 9.69 Å². The molecule has 0 radical (unpaired) electrons. The molecule has 0 saturated carbocycles. The Morgan fingerprint density at radius 3 is 2.15 bits per heavy atom. The van der Waals surface area contributed by atoms with Crippen molar-refractivity contribution in [2.75, 3.05) is 108 Å². The summed E-state index contributed by atoms with van der Waals surface area (Å²) >= 11 is 6.36. The monoisotopic (exact) mass is 671 g/mol. The van der Waals surface area contributed by atoms with Crippen LogP contribution < -0.4 is 20.9 Å². The van der Waals surface area contributed by atoms with Gasteiger partial charge < -0.3 is 44.9 Å². The van der Waals surface area contributed by atoms with Crippen LogP contribution in [0.2, 0.25) is 5.02 Å². The molecule has 2 aromatic carbocycles. The molecular formula is C32H42ClN7O7. The van der Waals surface area contributed by atoms with Crippen molar-refractivity contribution in [3.05, 3.63) is 65.3 Å². The van der Waals surface area contributed by atoms with Crippen molar-refractivity contribution in [3.8, 4) is 0 Å². The summed E-state index contributed by atoms with van der Waals surface area (Å²) in [5, 5.41) is 17.8. The molecule has 1 amide bonds. The molecule has 15 heteroatoms. The van der Waals surface area contributed by atoms with Gasteiger partial charge in [-0.25, -0.2) is 9.78 Å². The Bertz CT molecular complexity index is 1410. The Hall–Kier alpha value is -4.05. The van der Waals surface area contributed by atoms with E-state index in [0.717, 1.165) is 44.1 Å². The summed E-state index contributed by atoms with van der Waals surface area (Å²) in [5.41, 5.74) is 3.04. The minimum absolute atomic E-state index is 0.217. The van der Waals surface area contributed by atoms with Gasteiger partial charge in [-0.2, -0.15) is 4.98 Å². The molecule has 1 aliphatic heterocycles. The molecule has 4 N–H and O–H groups in total. The predicted octanol–water partition coefficient (Wildman–Crippen LogP) is 3.25. The molecule has 14 nitrogen and oxygen atoms in total. The number of carboxylic acids is 1. The molecule has 4 rings (SSSR count). The van der Waals surface area contributed by atoms with E-state index in [1.165, 1.54) is 6.20 Å². The average molecular weight is 672 g/mol. The highest BCUT2D eigenvalue weighted by Crippen LogP contribution is 2.27. The summed E-state index contributed by atoms with van der Waals surface area (Å²) in [7, 11) is 1.58. The number of carbonyl (C=O) groups is 2. The summed E-state index contributed by atoms with van der Waals surface area (Å²) in [4.78, 5) is 36.2. The zero-order valence-electron chi connectivity index (χ0n) is 26.5. The number of para-hydroxylation sites is 1. The second-order valence-corrected chi connectivity index (χ2v) is 10.8. The zero-order valence-corrected chi connectivity index (χ0v) is 27.2. The number of amides is 1. The Kier molecular flexibility index (Phi) is 14.9. The smallest absolute Gasteiger partial charge is 0.329 e. The van der Waals surface area contributed by atoms with Gasteiger partial charge in [0, 0.05) is 51.1 Å². The van der Waals surface area contributed by atoms with E-state index in [2.05, 4.69) is 47.9 Å². The highest BCUT2D eigenvalue weighted by atomic mass is 35.5. The number of rotatable bonds is 20. The summed E-state index contributed by atoms with van der Waals surface area (Å²) in [6.45, 7) is 7.40. The van der Waals surface area contributed by atoms with Crippen LogP contribution in [-0.4, -0.2) is 124 Å². The number of hydrogen-bond acceptors (Lipinski definition) is 12. The van der Waals surface area contributed by atoms with Crippen LogP contribution in [0.15, 0.2) is 54.7 Å². The van der Waals surface area contributed by atoms with Gasteiger partial charge in [-0.1, -0.05) is 23.7 Å². The van der Waals surface area contributed by atoms with E-state index in [1.807, 2.05) is 18.2 Å². The zero-order chi connectivity index (χ0) is 33.3. The molecule has 254 valence electrons. The molecule has 0 spiro atoms. The van der Waals surface area contributed by atoms with Gasteiger partial charge in [-0.05, 0) is 36.4 Å². The molecule has 0 aliphatic carbocycles. The van der Waals surface area contributed by atoms with E-state index < -0.39 is 5.97 Å². The lowest BCUT2D eigenvalue weighted by molar-refractivity contribution is -0.142. The highest BCUT2D eigenvalue weighted by molar-refractivity contribution is 6.33.